The van der Waals surface area contributed by atoms with Crippen LogP contribution in [0.25, 0.3) is 10.9 Å². The molecule has 2 aliphatic heterocycles. The van der Waals surface area contributed by atoms with Crippen molar-refractivity contribution in [3.63, 3.8) is 0 Å². The predicted molar refractivity (Wildman–Crippen MR) is 123 cm³/mol. The number of carbonyl (C=O) groups is 1. The van der Waals surface area contributed by atoms with Crippen molar-refractivity contribution < 1.29 is 9.53 Å². The molecule has 3 aromatic rings. The topological polar surface area (TPSA) is 50.6 Å². The van der Waals surface area contributed by atoms with Crippen LogP contribution in [0.1, 0.15) is 44.1 Å². The molecule has 1 saturated heterocycles. The first kappa shape index (κ1) is 20.1. The van der Waals surface area contributed by atoms with Crippen LogP contribution in [0.15, 0.2) is 48.8 Å². The van der Waals surface area contributed by atoms with E-state index in [-0.39, 0.29) is 18.1 Å². The largest absolute Gasteiger partial charge is 0.490 e. The van der Waals surface area contributed by atoms with E-state index in [0.717, 1.165) is 60.5 Å². The fourth-order valence-electron chi connectivity index (χ4n) is 4.94. The molecule has 6 heteroatoms. The van der Waals surface area contributed by atoms with Crippen LogP contribution in [0.4, 0.5) is 5.69 Å². The van der Waals surface area contributed by atoms with E-state index in [4.69, 9.17) is 4.74 Å². The molecule has 5 rings (SSSR count). The Morgan fingerprint density at radius 2 is 1.94 bits per heavy atom. The number of ether oxygens (including phenoxy) is 1. The number of benzene rings is 1. The van der Waals surface area contributed by atoms with Crippen molar-refractivity contribution in [2.45, 2.75) is 58.3 Å². The molecule has 1 amide bonds. The van der Waals surface area contributed by atoms with Gasteiger partial charge in [-0.15, -0.1) is 0 Å². The van der Waals surface area contributed by atoms with E-state index < -0.39 is 0 Å². The van der Waals surface area contributed by atoms with Gasteiger partial charge in [0, 0.05) is 42.8 Å². The third-order valence-corrected chi connectivity index (χ3v) is 6.63. The maximum Gasteiger partial charge on any atom is 0.275 e. The second-order valence-electron chi connectivity index (χ2n) is 9.04. The van der Waals surface area contributed by atoms with Crippen LogP contribution in [0.2, 0.25) is 0 Å². The highest BCUT2D eigenvalue weighted by Crippen LogP contribution is 2.32. The summed E-state index contributed by atoms with van der Waals surface area (Å²) in [7, 11) is 0. The third-order valence-electron chi connectivity index (χ3n) is 6.63. The van der Waals surface area contributed by atoms with Crippen LogP contribution in [-0.2, 0) is 6.54 Å². The summed E-state index contributed by atoms with van der Waals surface area (Å²) in [6, 6.07) is 12.7. The zero-order valence-corrected chi connectivity index (χ0v) is 18.5. The van der Waals surface area contributed by atoms with Crippen LogP contribution in [-0.4, -0.2) is 51.6 Å². The average Bonchev–Trinajstić information content (AvgIpc) is 3.13. The summed E-state index contributed by atoms with van der Waals surface area (Å²) in [5, 5.41) is 1.06. The smallest absolute Gasteiger partial charge is 0.275 e. The van der Waals surface area contributed by atoms with Gasteiger partial charge in [-0.05, 0) is 70.0 Å². The number of piperidine rings is 1. The van der Waals surface area contributed by atoms with E-state index in [1.165, 1.54) is 0 Å². The maximum atomic E-state index is 13.3. The zero-order valence-electron chi connectivity index (χ0n) is 18.5. The monoisotopic (exact) mass is 418 g/mol. The highest BCUT2D eigenvalue weighted by atomic mass is 16.5. The molecule has 1 fully saturated rings. The molecule has 0 bridgehead atoms. The van der Waals surface area contributed by atoms with E-state index in [2.05, 4.69) is 47.4 Å². The summed E-state index contributed by atoms with van der Waals surface area (Å²) in [5.74, 6) is 0.912. The summed E-state index contributed by atoms with van der Waals surface area (Å²) in [6.07, 6.45) is 5.85. The summed E-state index contributed by atoms with van der Waals surface area (Å²) >= 11 is 0. The number of rotatable bonds is 4. The molecule has 0 radical (unpaired) electrons. The Bertz CT molecular complexity index is 1080. The van der Waals surface area contributed by atoms with Crippen molar-refractivity contribution in [1.82, 2.24) is 14.5 Å². The zero-order chi connectivity index (χ0) is 21.5. The lowest BCUT2D eigenvalue weighted by atomic mass is 10.1. The Kier molecular flexibility index (Phi) is 5.18. The van der Waals surface area contributed by atoms with Crippen LogP contribution in [0.3, 0.4) is 0 Å². The van der Waals surface area contributed by atoms with Gasteiger partial charge in [0.15, 0.2) is 0 Å². The fourth-order valence-corrected chi connectivity index (χ4v) is 4.94. The molecule has 1 unspecified atom stereocenters. The summed E-state index contributed by atoms with van der Waals surface area (Å²) < 4.78 is 8.46. The van der Waals surface area contributed by atoms with E-state index >= 15 is 0 Å². The van der Waals surface area contributed by atoms with E-state index in [1.54, 1.807) is 12.4 Å². The van der Waals surface area contributed by atoms with Crippen molar-refractivity contribution in [2.75, 3.05) is 18.0 Å². The fraction of sp³-hybridized carbons (Fsp3) is 0.440. The number of nitrogens with zero attached hydrogens (tertiary/aromatic N) is 4. The van der Waals surface area contributed by atoms with Crippen molar-refractivity contribution in [1.29, 1.82) is 0 Å². The molecule has 31 heavy (non-hydrogen) atoms. The standard InChI is InChI=1S/C25H30N4O2/c1-17(2)27-11-8-21(9-12-27)31-22-6-7-23-19(13-22)14-24-25(30)29(18(3)16-28(23)24)20-5-4-10-26-15-20/h4-7,10,13-15,17-18,21H,8-9,11-12,16H2,1-3H3. The highest BCUT2D eigenvalue weighted by molar-refractivity contribution is 6.09. The predicted octanol–water partition coefficient (Wildman–Crippen LogP) is 4.34. The minimum absolute atomic E-state index is 0.0199. The average molecular weight is 419 g/mol. The molecule has 0 saturated carbocycles. The van der Waals surface area contributed by atoms with Gasteiger partial charge in [-0.2, -0.15) is 0 Å². The summed E-state index contributed by atoms with van der Waals surface area (Å²) in [5.41, 5.74) is 2.65. The van der Waals surface area contributed by atoms with Crippen LogP contribution in [0, 0.1) is 0 Å². The minimum atomic E-state index is 0.0199. The van der Waals surface area contributed by atoms with Gasteiger partial charge < -0.3 is 19.1 Å². The molecule has 1 atom stereocenters. The van der Waals surface area contributed by atoms with Crippen molar-refractivity contribution >= 4 is 22.5 Å². The lowest BCUT2D eigenvalue weighted by Gasteiger charge is -2.34. The van der Waals surface area contributed by atoms with Gasteiger partial charge in [0.1, 0.15) is 17.5 Å². The Morgan fingerprint density at radius 1 is 1.13 bits per heavy atom. The van der Waals surface area contributed by atoms with Gasteiger partial charge >= 0.3 is 0 Å². The normalized spacial score (nSPS) is 20.5. The van der Waals surface area contributed by atoms with Crippen molar-refractivity contribution in [3.8, 4) is 5.75 Å². The molecule has 162 valence electrons. The third kappa shape index (κ3) is 3.69. The summed E-state index contributed by atoms with van der Waals surface area (Å²) in [4.78, 5) is 21.9. The Hall–Kier alpha value is -2.86. The Labute approximate surface area is 183 Å². The molecule has 1 aromatic carbocycles. The molecule has 4 heterocycles. The van der Waals surface area contributed by atoms with Gasteiger partial charge in [0.2, 0.25) is 0 Å². The SMILES string of the molecule is CC(C)N1CCC(Oc2ccc3c(c2)cc2n3CC(C)N(c3cccnc3)C2=O)CC1. The van der Waals surface area contributed by atoms with Crippen LogP contribution < -0.4 is 9.64 Å². The number of hydrogen-bond acceptors (Lipinski definition) is 4. The number of pyridine rings is 1. The van der Waals surface area contributed by atoms with Gasteiger partial charge in [0.05, 0.1) is 17.9 Å². The summed E-state index contributed by atoms with van der Waals surface area (Å²) in [6.45, 7) is 9.51. The molecule has 2 aromatic heterocycles. The van der Waals surface area contributed by atoms with Gasteiger partial charge in [-0.25, -0.2) is 0 Å². The molecule has 0 spiro atoms. The van der Waals surface area contributed by atoms with Crippen LogP contribution in [0.5, 0.6) is 5.75 Å². The minimum Gasteiger partial charge on any atom is -0.490 e. The first-order chi connectivity index (χ1) is 15.0. The molecular formula is C25H30N4O2. The molecule has 0 aliphatic carbocycles. The number of aromatic nitrogens is 2. The Morgan fingerprint density at radius 3 is 2.65 bits per heavy atom. The van der Waals surface area contributed by atoms with Crippen molar-refractivity contribution in [3.05, 3.63) is 54.5 Å². The van der Waals surface area contributed by atoms with Crippen LogP contribution >= 0.6 is 0 Å². The number of hydrogen-bond donors (Lipinski definition) is 0. The van der Waals surface area contributed by atoms with Crippen molar-refractivity contribution in [2.24, 2.45) is 0 Å². The quantitative estimate of drug-likeness (QED) is 0.633. The lowest BCUT2D eigenvalue weighted by Crippen LogP contribution is -2.46. The number of anilines is 1. The first-order valence-corrected chi connectivity index (χ1v) is 11.3. The van der Waals surface area contributed by atoms with E-state index in [1.807, 2.05) is 29.2 Å². The molecule has 0 N–H and O–H groups in total. The Balaban J connectivity index is 1.38. The second-order valence-corrected chi connectivity index (χ2v) is 9.04. The van der Waals surface area contributed by atoms with Gasteiger partial charge in [0.25, 0.3) is 5.91 Å². The number of likely N-dealkylation sites (tertiary alicyclic amines) is 1. The highest BCUT2D eigenvalue weighted by Gasteiger charge is 2.32. The number of carbonyl (C=O) groups excluding carboxylic acids is 1. The number of amides is 1. The molecular weight excluding hydrogens is 388 g/mol. The molecule has 6 nitrogen and oxygen atoms in total. The maximum absolute atomic E-state index is 13.3. The van der Waals surface area contributed by atoms with E-state index in [9.17, 15) is 4.79 Å². The van der Waals surface area contributed by atoms with Gasteiger partial charge in [-0.3, -0.25) is 9.78 Å². The number of fused-ring (bicyclic) bond motifs is 3. The lowest BCUT2D eigenvalue weighted by molar-refractivity contribution is 0.0844. The van der Waals surface area contributed by atoms with E-state index in [0.29, 0.717) is 6.04 Å². The molecule has 2 aliphatic rings. The van der Waals surface area contributed by atoms with Gasteiger partial charge in [-0.1, -0.05) is 0 Å². The second kappa shape index (κ2) is 8.00. The first-order valence-electron chi connectivity index (χ1n) is 11.3.